The Kier molecular flexibility index (Phi) is 12.2. The van der Waals surface area contributed by atoms with E-state index < -0.39 is 27.4 Å². The summed E-state index contributed by atoms with van der Waals surface area (Å²) in [6, 6.07) is 42.7. The first-order chi connectivity index (χ1) is 25.3. The molecule has 1 aliphatic heterocycles. The monoisotopic (exact) mass is 781 g/mol. The van der Waals surface area contributed by atoms with Gasteiger partial charge in [0.1, 0.15) is 5.75 Å². The van der Waals surface area contributed by atoms with Gasteiger partial charge in [-0.15, -0.1) is 0 Å². The zero-order valence-electron chi connectivity index (χ0n) is 28.4. The summed E-state index contributed by atoms with van der Waals surface area (Å²) in [5.74, 6) is -0.160. The molecule has 5 aromatic rings. The molecule has 0 aliphatic carbocycles. The molecule has 1 aliphatic rings. The highest BCUT2D eigenvalue weighted by atomic mass is 79.9. The van der Waals surface area contributed by atoms with Gasteiger partial charge in [-0.2, -0.15) is 0 Å². The molecule has 0 radical (unpaired) electrons. The van der Waals surface area contributed by atoms with Crippen molar-refractivity contribution >= 4 is 37.6 Å². The highest BCUT2D eigenvalue weighted by Crippen LogP contribution is 2.43. The van der Waals surface area contributed by atoms with Crippen LogP contribution in [0.1, 0.15) is 47.1 Å². The van der Waals surface area contributed by atoms with Crippen molar-refractivity contribution in [1.29, 1.82) is 0 Å². The van der Waals surface area contributed by atoms with Crippen LogP contribution in [0.4, 0.5) is 0 Å². The van der Waals surface area contributed by atoms with Gasteiger partial charge in [0, 0.05) is 41.9 Å². The second kappa shape index (κ2) is 17.1. The van der Waals surface area contributed by atoms with E-state index in [0.717, 1.165) is 15.6 Å². The van der Waals surface area contributed by atoms with Crippen LogP contribution in [0.25, 0.3) is 0 Å². The van der Waals surface area contributed by atoms with Gasteiger partial charge in [-0.3, -0.25) is 10.2 Å². The summed E-state index contributed by atoms with van der Waals surface area (Å²) in [4.78, 5) is 19.8. The number of aliphatic hydroxyl groups is 1. The van der Waals surface area contributed by atoms with Crippen LogP contribution in [0, 0.1) is 0 Å². The van der Waals surface area contributed by atoms with Gasteiger partial charge in [0.15, 0.2) is 21.5 Å². The summed E-state index contributed by atoms with van der Waals surface area (Å²) in [5.41, 5.74) is 7.79. The smallest absolute Gasteiger partial charge is 0.266 e. The largest absolute Gasteiger partial charge is 0.494 e. The SMILES string of the molecule is O=C(NNCC(c1ccccc1)c1ccccc1)[C@@]1(CCS(=O)(=O)c2ccccc2)N=C(c2ccc(OCCCO)cc2)O[C@H]1c1ccc(Br)cc1. The molecular formula is C41H40BrN3O6S. The third kappa shape index (κ3) is 8.79. The minimum absolute atomic E-state index is 0.0261. The molecule has 0 aromatic heterocycles. The van der Waals surface area contributed by atoms with Crippen molar-refractivity contribution in [1.82, 2.24) is 10.9 Å². The predicted molar refractivity (Wildman–Crippen MR) is 205 cm³/mol. The fourth-order valence-electron chi connectivity index (χ4n) is 6.18. The van der Waals surface area contributed by atoms with Crippen molar-refractivity contribution in [2.75, 3.05) is 25.5 Å². The number of rotatable bonds is 16. The lowest BCUT2D eigenvalue weighted by atomic mass is 9.85. The number of carbonyl (C=O) groups is 1. The zero-order valence-corrected chi connectivity index (χ0v) is 30.8. The molecule has 11 heteroatoms. The number of hydrazine groups is 1. The Balaban J connectivity index is 1.35. The summed E-state index contributed by atoms with van der Waals surface area (Å²) >= 11 is 3.49. The van der Waals surface area contributed by atoms with Crippen LogP contribution in [0.5, 0.6) is 5.75 Å². The lowest BCUT2D eigenvalue weighted by Crippen LogP contribution is -2.54. The third-order valence-corrected chi connectivity index (χ3v) is 11.2. The molecule has 1 amide bonds. The fourth-order valence-corrected chi connectivity index (χ4v) is 7.84. The Labute approximate surface area is 312 Å². The number of hydrogen-bond donors (Lipinski definition) is 3. The van der Waals surface area contributed by atoms with E-state index in [4.69, 9.17) is 19.6 Å². The molecule has 2 atom stereocenters. The third-order valence-electron chi connectivity index (χ3n) is 8.97. The summed E-state index contributed by atoms with van der Waals surface area (Å²) in [6.45, 7) is 0.745. The van der Waals surface area contributed by atoms with E-state index in [1.54, 1.807) is 54.6 Å². The van der Waals surface area contributed by atoms with Gasteiger partial charge in [-0.05, 0) is 65.2 Å². The van der Waals surface area contributed by atoms with Gasteiger partial charge < -0.3 is 14.6 Å². The van der Waals surface area contributed by atoms with E-state index in [2.05, 4.69) is 26.8 Å². The Morgan fingerprint density at radius 1 is 0.846 bits per heavy atom. The second-order valence-electron chi connectivity index (χ2n) is 12.4. The summed E-state index contributed by atoms with van der Waals surface area (Å²) in [5, 5.41) is 9.11. The van der Waals surface area contributed by atoms with Crippen LogP contribution in [0.15, 0.2) is 154 Å². The minimum atomic E-state index is -3.80. The quantitative estimate of drug-likeness (QED) is 0.0745. The van der Waals surface area contributed by atoms with E-state index in [1.807, 2.05) is 84.9 Å². The normalized spacial score (nSPS) is 17.0. The van der Waals surface area contributed by atoms with Crippen LogP contribution < -0.4 is 15.6 Å². The van der Waals surface area contributed by atoms with Crippen molar-refractivity contribution in [3.05, 3.63) is 166 Å². The maximum absolute atomic E-state index is 14.7. The van der Waals surface area contributed by atoms with Crippen molar-refractivity contribution in [3.8, 4) is 5.75 Å². The molecular weight excluding hydrogens is 742 g/mol. The highest BCUT2D eigenvalue weighted by molar-refractivity contribution is 9.10. The van der Waals surface area contributed by atoms with E-state index in [-0.39, 0.29) is 35.5 Å². The first kappa shape index (κ1) is 37.0. The Morgan fingerprint density at radius 2 is 1.44 bits per heavy atom. The topological polar surface area (TPSA) is 126 Å². The number of carbonyl (C=O) groups excluding carboxylic acids is 1. The molecule has 0 fully saturated rings. The molecule has 268 valence electrons. The maximum atomic E-state index is 14.7. The first-order valence-electron chi connectivity index (χ1n) is 17.1. The summed E-state index contributed by atoms with van der Waals surface area (Å²) in [7, 11) is -3.80. The second-order valence-corrected chi connectivity index (χ2v) is 15.5. The number of amides is 1. The van der Waals surface area contributed by atoms with Gasteiger partial charge in [0.2, 0.25) is 5.90 Å². The molecule has 1 heterocycles. The molecule has 5 aromatic carbocycles. The van der Waals surface area contributed by atoms with Gasteiger partial charge in [-0.1, -0.05) is 107 Å². The van der Waals surface area contributed by atoms with Crippen molar-refractivity contribution in [3.63, 3.8) is 0 Å². The molecule has 0 bridgehead atoms. The van der Waals surface area contributed by atoms with Gasteiger partial charge >= 0.3 is 0 Å². The average molecular weight is 783 g/mol. The van der Waals surface area contributed by atoms with Gasteiger partial charge in [0.05, 0.1) is 17.3 Å². The Hall–Kier alpha value is -4.81. The number of halogens is 1. The van der Waals surface area contributed by atoms with Gasteiger partial charge in [-0.25, -0.2) is 18.8 Å². The van der Waals surface area contributed by atoms with E-state index in [1.165, 1.54) is 0 Å². The molecule has 0 spiro atoms. The van der Waals surface area contributed by atoms with Crippen molar-refractivity contribution < 1.29 is 27.8 Å². The van der Waals surface area contributed by atoms with Crippen LogP contribution >= 0.6 is 15.9 Å². The first-order valence-corrected chi connectivity index (χ1v) is 19.5. The maximum Gasteiger partial charge on any atom is 0.266 e. The number of nitrogens with zero attached hydrogens (tertiary/aromatic N) is 1. The van der Waals surface area contributed by atoms with Crippen molar-refractivity contribution in [2.24, 2.45) is 4.99 Å². The minimum Gasteiger partial charge on any atom is -0.494 e. The van der Waals surface area contributed by atoms with Crippen LogP contribution in [0.2, 0.25) is 0 Å². The average Bonchev–Trinajstić information content (AvgIpc) is 3.58. The number of ether oxygens (including phenoxy) is 2. The number of sulfone groups is 1. The standard InChI is InChI=1S/C41H40BrN3O6S/c42-34-21-17-32(18-22-34)38-41(25-28-52(48,49)36-15-8-3-9-16-36,44-39(51-38)33-19-23-35(24-20-33)50-27-10-26-46)40(47)45-43-29-37(30-11-4-1-5-12-30)31-13-6-2-7-14-31/h1-9,11-24,37-38,43,46H,10,25-29H2,(H,45,47)/t38-,41-/m0/s1. The molecule has 9 nitrogen and oxygen atoms in total. The molecule has 6 rings (SSSR count). The number of aliphatic hydroxyl groups excluding tert-OH is 1. The molecule has 52 heavy (non-hydrogen) atoms. The molecule has 3 N–H and O–H groups in total. The lowest BCUT2D eigenvalue weighted by Gasteiger charge is -2.31. The predicted octanol–water partition coefficient (Wildman–Crippen LogP) is 6.78. The van der Waals surface area contributed by atoms with E-state index in [0.29, 0.717) is 36.4 Å². The van der Waals surface area contributed by atoms with E-state index in [9.17, 15) is 13.2 Å². The summed E-state index contributed by atoms with van der Waals surface area (Å²) in [6.07, 6.45) is -0.616. The number of nitrogens with one attached hydrogen (secondary N) is 2. The van der Waals surface area contributed by atoms with Gasteiger partial charge in [0.25, 0.3) is 5.91 Å². The Morgan fingerprint density at radius 3 is 2.04 bits per heavy atom. The van der Waals surface area contributed by atoms with Crippen LogP contribution in [-0.2, 0) is 19.4 Å². The molecule has 0 saturated heterocycles. The van der Waals surface area contributed by atoms with Crippen LogP contribution in [0.3, 0.4) is 0 Å². The number of benzene rings is 5. The summed E-state index contributed by atoms with van der Waals surface area (Å²) < 4.78 is 40.5. The van der Waals surface area contributed by atoms with Crippen LogP contribution in [-0.4, -0.2) is 56.4 Å². The molecule has 0 saturated carbocycles. The fraction of sp³-hybridized carbons (Fsp3) is 0.220. The lowest BCUT2D eigenvalue weighted by molar-refractivity contribution is -0.130. The zero-order chi connectivity index (χ0) is 36.4. The van der Waals surface area contributed by atoms with Crippen molar-refractivity contribution in [2.45, 2.75) is 35.3 Å². The molecule has 0 unspecified atom stereocenters. The number of hydrogen-bond acceptors (Lipinski definition) is 8. The van der Waals surface area contributed by atoms with E-state index >= 15 is 0 Å². The Bertz CT molecular complexity index is 2010. The highest BCUT2D eigenvalue weighted by Gasteiger charge is 2.53. The number of aliphatic imine (C=N–C) groups is 1.